The summed E-state index contributed by atoms with van der Waals surface area (Å²) in [5, 5.41) is 0. The van der Waals surface area contributed by atoms with Gasteiger partial charge in [-0.1, -0.05) is 175 Å². The minimum atomic E-state index is -0.256. The molecule has 3 aromatic rings. The molecule has 4 rings (SSSR count). The predicted molar refractivity (Wildman–Crippen MR) is 215 cm³/mol. The first-order chi connectivity index (χ1) is 22.2. The Labute approximate surface area is 292 Å². The van der Waals surface area contributed by atoms with Crippen molar-refractivity contribution in [2.45, 2.75) is 145 Å². The fraction of sp³-hybridized carbons (Fsp3) is 0.511. The van der Waals surface area contributed by atoms with E-state index in [-0.39, 0.29) is 11.0 Å². The molecule has 0 saturated heterocycles. The quantitative estimate of drug-likeness (QED) is 0.273. The Morgan fingerprint density at radius 3 is 1.81 bits per heavy atom. The maximum atomic E-state index is 6.36. The number of rotatable bonds is 5. The number of terminal acetylenes is 1. The van der Waals surface area contributed by atoms with Crippen LogP contribution in [0.2, 0.25) is 0 Å². The van der Waals surface area contributed by atoms with E-state index < -0.39 is 0 Å². The topological polar surface area (TPSA) is 52.0 Å². The summed E-state index contributed by atoms with van der Waals surface area (Å²) < 4.78 is 0. The fourth-order valence-electron chi connectivity index (χ4n) is 5.32. The van der Waals surface area contributed by atoms with E-state index >= 15 is 0 Å². The SMILES string of the molecule is C#Cc1cccc(-c2ccc(C(C)(N)CCC)cc2)c1.C=CN.CC.CC1CCCC1.CCC.CCc1ccc(C)c(C(C)(C)C)c1. The van der Waals surface area contributed by atoms with Crippen LogP contribution in [-0.2, 0) is 17.4 Å². The van der Waals surface area contributed by atoms with Gasteiger partial charge in [-0.2, -0.15) is 0 Å². The van der Waals surface area contributed by atoms with Crippen LogP contribution in [0, 0.1) is 25.2 Å². The molecule has 0 aliphatic heterocycles. The minimum absolute atomic E-state index is 0.256. The molecule has 0 aromatic heterocycles. The van der Waals surface area contributed by atoms with Gasteiger partial charge in [0.25, 0.3) is 0 Å². The molecular weight excluding hydrogens is 569 g/mol. The first-order valence-corrected chi connectivity index (χ1v) is 18.1. The predicted octanol–water partition coefficient (Wildman–Crippen LogP) is 12.9. The third-order valence-corrected chi connectivity index (χ3v) is 7.84. The third kappa shape index (κ3) is 19.2. The van der Waals surface area contributed by atoms with Crippen LogP contribution in [0.5, 0.6) is 0 Å². The van der Waals surface area contributed by atoms with Crippen molar-refractivity contribution in [3.8, 4) is 23.5 Å². The van der Waals surface area contributed by atoms with Crippen LogP contribution in [0.15, 0.2) is 79.5 Å². The number of aryl methyl sites for hydroxylation is 2. The molecule has 1 saturated carbocycles. The summed E-state index contributed by atoms with van der Waals surface area (Å²) >= 11 is 0. The van der Waals surface area contributed by atoms with Gasteiger partial charge in [0.2, 0.25) is 0 Å². The minimum Gasteiger partial charge on any atom is -0.405 e. The smallest absolute Gasteiger partial charge is 0.0380 e. The van der Waals surface area contributed by atoms with Gasteiger partial charge in [-0.05, 0) is 89.7 Å². The largest absolute Gasteiger partial charge is 0.405 e. The van der Waals surface area contributed by atoms with Gasteiger partial charge < -0.3 is 11.5 Å². The standard InChI is InChI=1S/C19H21N.C13H20.C6H12.C3H8.C2H5N.C2H6/c1-4-13-19(3,20)18-11-9-16(10-12-18)17-8-6-7-15(5-2)14-17;1-6-11-8-7-10(2)12(9-11)13(3,4)5;1-6-4-2-3-5-6;1-3-2;1-2-3;1-2/h2,6-12,14H,4,13,20H2,1,3H3;7-9H,6H2,1-5H3;6H,2-5H2,1H3;3H2,1-2H3;2H,1,3H2;1-2H3. The average molecular weight is 641 g/mol. The monoisotopic (exact) mass is 641 g/mol. The molecule has 262 valence electrons. The summed E-state index contributed by atoms with van der Waals surface area (Å²) in [4.78, 5) is 0. The van der Waals surface area contributed by atoms with Crippen LogP contribution < -0.4 is 11.5 Å². The Balaban J connectivity index is 0. The highest BCUT2D eigenvalue weighted by Gasteiger charge is 2.19. The summed E-state index contributed by atoms with van der Waals surface area (Å²) in [6.07, 6.45) is 17.1. The lowest BCUT2D eigenvalue weighted by Gasteiger charge is -2.24. The summed E-state index contributed by atoms with van der Waals surface area (Å²) in [6, 6.07) is 23.3. The van der Waals surface area contributed by atoms with Crippen molar-refractivity contribution in [3.63, 3.8) is 0 Å². The molecule has 2 heteroatoms. The lowest BCUT2D eigenvalue weighted by Crippen LogP contribution is -2.32. The van der Waals surface area contributed by atoms with Crippen molar-refractivity contribution in [2.75, 3.05) is 0 Å². The molecule has 4 N–H and O–H groups in total. The normalized spacial score (nSPS) is 13.0. The van der Waals surface area contributed by atoms with Crippen LogP contribution in [0.3, 0.4) is 0 Å². The maximum absolute atomic E-state index is 6.36. The Bertz CT molecular complexity index is 1250. The molecule has 0 heterocycles. The zero-order valence-corrected chi connectivity index (χ0v) is 32.6. The van der Waals surface area contributed by atoms with Crippen LogP contribution in [0.4, 0.5) is 0 Å². The van der Waals surface area contributed by atoms with Crippen molar-refractivity contribution in [1.82, 2.24) is 0 Å². The molecule has 1 aliphatic carbocycles. The van der Waals surface area contributed by atoms with E-state index in [4.69, 9.17) is 12.2 Å². The summed E-state index contributed by atoms with van der Waals surface area (Å²) in [5.74, 6) is 3.72. The molecule has 0 amide bonds. The number of benzene rings is 3. The third-order valence-electron chi connectivity index (χ3n) is 7.84. The fourth-order valence-corrected chi connectivity index (χ4v) is 5.32. The van der Waals surface area contributed by atoms with Gasteiger partial charge >= 0.3 is 0 Å². The number of hydrogen-bond donors (Lipinski definition) is 2. The summed E-state index contributed by atoms with van der Waals surface area (Å²) in [5.41, 5.74) is 19.7. The van der Waals surface area contributed by atoms with Crippen LogP contribution >= 0.6 is 0 Å². The maximum Gasteiger partial charge on any atom is 0.0380 e. The van der Waals surface area contributed by atoms with E-state index in [0.29, 0.717) is 0 Å². The highest BCUT2D eigenvalue weighted by Crippen LogP contribution is 2.28. The molecule has 1 fully saturated rings. The first kappa shape index (κ1) is 45.8. The summed E-state index contributed by atoms with van der Waals surface area (Å²) in [7, 11) is 0. The molecule has 2 nitrogen and oxygen atoms in total. The second-order valence-corrected chi connectivity index (χ2v) is 13.6. The zero-order valence-electron chi connectivity index (χ0n) is 32.6. The van der Waals surface area contributed by atoms with Gasteiger partial charge in [0, 0.05) is 11.1 Å². The molecule has 1 unspecified atom stereocenters. The molecule has 47 heavy (non-hydrogen) atoms. The van der Waals surface area contributed by atoms with Crippen LogP contribution in [-0.4, -0.2) is 0 Å². The van der Waals surface area contributed by atoms with Gasteiger partial charge in [-0.25, -0.2) is 0 Å². The molecule has 3 aromatic carbocycles. The van der Waals surface area contributed by atoms with Crippen LogP contribution in [0.1, 0.15) is 149 Å². The first-order valence-electron chi connectivity index (χ1n) is 18.1. The van der Waals surface area contributed by atoms with E-state index in [1.165, 1.54) is 60.6 Å². The Morgan fingerprint density at radius 2 is 1.40 bits per heavy atom. The number of hydrogen-bond acceptors (Lipinski definition) is 2. The van der Waals surface area contributed by atoms with Gasteiger partial charge in [0.1, 0.15) is 0 Å². The van der Waals surface area contributed by atoms with E-state index in [1.807, 2.05) is 32.0 Å². The zero-order chi connectivity index (χ0) is 36.5. The van der Waals surface area contributed by atoms with Crippen LogP contribution in [0.25, 0.3) is 11.1 Å². The van der Waals surface area contributed by atoms with Crippen molar-refractivity contribution in [1.29, 1.82) is 0 Å². The molecule has 0 bridgehead atoms. The van der Waals surface area contributed by atoms with Crippen molar-refractivity contribution in [2.24, 2.45) is 17.4 Å². The van der Waals surface area contributed by atoms with Gasteiger partial charge in [-0.3, -0.25) is 0 Å². The van der Waals surface area contributed by atoms with Gasteiger partial charge in [0.05, 0.1) is 0 Å². The van der Waals surface area contributed by atoms with Crippen molar-refractivity contribution in [3.05, 3.63) is 107 Å². The average Bonchev–Trinajstić information content (AvgIpc) is 3.54. The lowest BCUT2D eigenvalue weighted by atomic mass is 9.83. The Kier molecular flexibility index (Phi) is 25.1. The molecule has 1 atom stereocenters. The van der Waals surface area contributed by atoms with E-state index in [9.17, 15) is 0 Å². The van der Waals surface area contributed by atoms with Crippen molar-refractivity contribution < 1.29 is 0 Å². The number of nitrogens with two attached hydrogens (primary N) is 2. The lowest BCUT2D eigenvalue weighted by molar-refractivity contribution is 0.447. The molecular formula is C45H72N2. The van der Waals surface area contributed by atoms with E-state index in [2.05, 4.69) is 136 Å². The van der Waals surface area contributed by atoms with Crippen molar-refractivity contribution >= 4 is 0 Å². The second kappa shape index (κ2) is 25.8. The van der Waals surface area contributed by atoms with E-state index in [0.717, 1.165) is 41.9 Å². The molecule has 0 spiro atoms. The summed E-state index contributed by atoms with van der Waals surface area (Å²) in [6.45, 7) is 29.2. The Hall–Kier alpha value is -3.28. The molecule has 1 aliphatic rings. The van der Waals surface area contributed by atoms with Gasteiger partial charge in [-0.15, -0.1) is 6.42 Å². The highest BCUT2D eigenvalue weighted by molar-refractivity contribution is 5.65. The second-order valence-electron chi connectivity index (χ2n) is 13.6. The molecule has 0 radical (unpaired) electrons. The highest BCUT2D eigenvalue weighted by atomic mass is 14.7. The van der Waals surface area contributed by atoms with E-state index in [1.54, 1.807) is 0 Å². The van der Waals surface area contributed by atoms with Gasteiger partial charge in [0.15, 0.2) is 0 Å². The Morgan fingerprint density at radius 1 is 0.872 bits per heavy atom.